The second-order valence-electron chi connectivity index (χ2n) is 5.41. The van der Waals surface area contributed by atoms with E-state index in [4.69, 9.17) is 9.47 Å². The molecule has 1 aliphatic carbocycles. The van der Waals surface area contributed by atoms with Crippen molar-refractivity contribution in [3.63, 3.8) is 0 Å². The Labute approximate surface area is 103 Å². The van der Waals surface area contributed by atoms with E-state index in [-0.39, 0.29) is 17.7 Å². The molecule has 98 valence electrons. The molecule has 2 aliphatic rings. The molecule has 4 nitrogen and oxygen atoms in total. The van der Waals surface area contributed by atoms with Gasteiger partial charge >= 0.3 is 5.97 Å². The van der Waals surface area contributed by atoms with Crippen LogP contribution in [-0.4, -0.2) is 49.8 Å². The highest BCUT2D eigenvalue weighted by Gasteiger charge is 2.65. The molecule has 2 rings (SSSR count). The first-order valence-electron chi connectivity index (χ1n) is 6.59. The third kappa shape index (κ3) is 2.47. The summed E-state index contributed by atoms with van der Waals surface area (Å²) >= 11 is 0. The standard InChI is InChI=1S/C13H23NO3/c1-4-16-12(15)11-13(17-11)8-6-5-7-10(13)9-14(2)3/h10-11H,4-9H2,1-3H3/t10-,11+,13-/m0/s1. The third-order valence-corrected chi connectivity index (χ3v) is 3.87. The molecule has 0 aromatic carbocycles. The molecule has 1 saturated heterocycles. The van der Waals surface area contributed by atoms with Crippen LogP contribution in [0.5, 0.6) is 0 Å². The number of nitrogens with zero attached hydrogens (tertiary/aromatic N) is 1. The normalized spacial score (nSPS) is 36.2. The Kier molecular flexibility index (Phi) is 3.73. The second-order valence-corrected chi connectivity index (χ2v) is 5.41. The molecule has 1 saturated carbocycles. The average molecular weight is 241 g/mol. The Morgan fingerprint density at radius 3 is 2.88 bits per heavy atom. The van der Waals surface area contributed by atoms with Gasteiger partial charge in [0.25, 0.3) is 0 Å². The van der Waals surface area contributed by atoms with E-state index < -0.39 is 0 Å². The zero-order valence-corrected chi connectivity index (χ0v) is 11.1. The van der Waals surface area contributed by atoms with Gasteiger partial charge in [0.05, 0.1) is 6.61 Å². The number of carbonyl (C=O) groups excluding carboxylic acids is 1. The predicted molar refractivity (Wildman–Crippen MR) is 64.7 cm³/mol. The summed E-state index contributed by atoms with van der Waals surface area (Å²) in [5.74, 6) is 0.304. The molecule has 2 fully saturated rings. The molecule has 0 aromatic rings. The number of rotatable bonds is 4. The lowest BCUT2D eigenvalue weighted by Gasteiger charge is -2.31. The number of ether oxygens (including phenoxy) is 2. The van der Waals surface area contributed by atoms with Crippen LogP contribution in [0.2, 0.25) is 0 Å². The van der Waals surface area contributed by atoms with Gasteiger partial charge in [-0.05, 0) is 33.9 Å². The minimum Gasteiger partial charge on any atom is -0.464 e. The van der Waals surface area contributed by atoms with E-state index in [1.807, 2.05) is 6.92 Å². The van der Waals surface area contributed by atoms with E-state index in [1.54, 1.807) is 0 Å². The smallest absolute Gasteiger partial charge is 0.338 e. The molecular weight excluding hydrogens is 218 g/mol. The highest BCUT2D eigenvalue weighted by molar-refractivity contribution is 5.79. The lowest BCUT2D eigenvalue weighted by atomic mass is 9.76. The lowest BCUT2D eigenvalue weighted by molar-refractivity contribution is -0.144. The van der Waals surface area contributed by atoms with Crippen LogP contribution in [0.25, 0.3) is 0 Å². The Morgan fingerprint density at radius 1 is 1.47 bits per heavy atom. The van der Waals surface area contributed by atoms with Gasteiger partial charge in [-0.1, -0.05) is 12.8 Å². The zero-order chi connectivity index (χ0) is 12.5. The fourth-order valence-electron chi connectivity index (χ4n) is 3.08. The predicted octanol–water partition coefficient (Wildman–Crippen LogP) is 1.44. The molecular formula is C13H23NO3. The Bertz CT molecular complexity index is 292. The fourth-order valence-corrected chi connectivity index (χ4v) is 3.08. The first-order valence-corrected chi connectivity index (χ1v) is 6.59. The fraction of sp³-hybridized carbons (Fsp3) is 0.923. The quantitative estimate of drug-likeness (QED) is 0.552. The maximum atomic E-state index is 11.7. The maximum Gasteiger partial charge on any atom is 0.338 e. The van der Waals surface area contributed by atoms with Gasteiger partial charge < -0.3 is 14.4 Å². The van der Waals surface area contributed by atoms with Crippen LogP contribution in [0.1, 0.15) is 32.6 Å². The molecule has 0 unspecified atom stereocenters. The highest BCUT2D eigenvalue weighted by atomic mass is 16.7. The van der Waals surface area contributed by atoms with E-state index in [0.717, 1.165) is 19.4 Å². The molecule has 0 aromatic heterocycles. The summed E-state index contributed by atoms with van der Waals surface area (Å²) in [6.45, 7) is 3.27. The zero-order valence-electron chi connectivity index (χ0n) is 11.1. The Morgan fingerprint density at radius 2 is 2.24 bits per heavy atom. The van der Waals surface area contributed by atoms with Crippen molar-refractivity contribution in [1.82, 2.24) is 4.90 Å². The number of esters is 1. The minimum atomic E-state index is -0.298. The van der Waals surface area contributed by atoms with Gasteiger partial charge in [0.1, 0.15) is 5.60 Å². The van der Waals surface area contributed by atoms with Crippen molar-refractivity contribution in [3.05, 3.63) is 0 Å². The van der Waals surface area contributed by atoms with Crippen LogP contribution < -0.4 is 0 Å². The summed E-state index contributed by atoms with van der Waals surface area (Å²) in [5.41, 5.74) is -0.200. The summed E-state index contributed by atoms with van der Waals surface area (Å²) in [6, 6.07) is 0. The van der Waals surface area contributed by atoms with Gasteiger partial charge in [-0.2, -0.15) is 0 Å². The monoisotopic (exact) mass is 241 g/mol. The Hall–Kier alpha value is -0.610. The summed E-state index contributed by atoms with van der Waals surface area (Å²) in [7, 11) is 4.15. The van der Waals surface area contributed by atoms with Crippen molar-refractivity contribution >= 4 is 5.97 Å². The van der Waals surface area contributed by atoms with Gasteiger partial charge in [-0.25, -0.2) is 4.79 Å². The topological polar surface area (TPSA) is 42.1 Å². The first kappa shape index (κ1) is 12.8. The molecule has 0 radical (unpaired) electrons. The Balaban J connectivity index is 2.00. The summed E-state index contributed by atoms with van der Waals surface area (Å²) in [6.07, 6.45) is 4.29. The van der Waals surface area contributed by atoms with Gasteiger partial charge in [0.15, 0.2) is 6.10 Å². The minimum absolute atomic E-state index is 0.168. The van der Waals surface area contributed by atoms with E-state index in [0.29, 0.717) is 12.5 Å². The summed E-state index contributed by atoms with van der Waals surface area (Å²) in [5, 5.41) is 0. The van der Waals surface area contributed by atoms with Crippen molar-refractivity contribution in [2.45, 2.75) is 44.3 Å². The van der Waals surface area contributed by atoms with Crippen LogP contribution >= 0.6 is 0 Å². The molecule has 0 bridgehead atoms. The van der Waals surface area contributed by atoms with Crippen molar-refractivity contribution in [1.29, 1.82) is 0 Å². The van der Waals surface area contributed by atoms with Gasteiger partial charge in [0, 0.05) is 12.5 Å². The average Bonchev–Trinajstić information content (AvgIpc) is 2.97. The van der Waals surface area contributed by atoms with Gasteiger partial charge in [-0.15, -0.1) is 0 Å². The molecule has 0 amide bonds. The van der Waals surface area contributed by atoms with Crippen LogP contribution in [-0.2, 0) is 14.3 Å². The van der Waals surface area contributed by atoms with Crippen molar-refractivity contribution in [2.75, 3.05) is 27.2 Å². The van der Waals surface area contributed by atoms with Crippen LogP contribution in [0.3, 0.4) is 0 Å². The number of hydrogen-bond donors (Lipinski definition) is 0. The molecule has 1 spiro atoms. The molecule has 1 aliphatic heterocycles. The van der Waals surface area contributed by atoms with Gasteiger partial charge in [0.2, 0.25) is 0 Å². The van der Waals surface area contributed by atoms with Crippen LogP contribution in [0.15, 0.2) is 0 Å². The van der Waals surface area contributed by atoms with E-state index >= 15 is 0 Å². The summed E-state index contributed by atoms with van der Waals surface area (Å²) in [4.78, 5) is 13.9. The van der Waals surface area contributed by atoms with Crippen molar-refractivity contribution in [2.24, 2.45) is 5.92 Å². The van der Waals surface area contributed by atoms with E-state index in [9.17, 15) is 4.79 Å². The highest BCUT2D eigenvalue weighted by Crippen LogP contribution is 2.52. The largest absolute Gasteiger partial charge is 0.464 e. The molecule has 4 heteroatoms. The van der Waals surface area contributed by atoms with Crippen molar-refractivity contribution in [3.8, 4) is 0 Å². The first-order chi connectivity index (χ1) is 8.10. The van der Waals surface area contributed by atoms with E-state index in [1.165, 1.54) is 12.8 Å². The maximum absolute atomic E-state index is 11.7. The van der Waals surface area contributed by atoms with E-state index in [2.05, 4.69) is 19.0 Å². The van der Waals surface area contributed by atoms with Crippen molar-refractivity contribution < 1.29 is 14.3 Å². The number of carbonyl (C=O) groups is 1. The number of epoxide rings is 1. The van der Waals surface area contributed by atoms with Crippen LogP contribution in [0.4, 0.5) is 0 Å². The van der Waals surface area contributed by atoms with Crippen LogP contribution in [0, 0.1) is 5.92 Å². The lowest BCUT2D eigenvalue weighted by Crippen LogP contribution is -2.39. The number of hydrogen-bond acceptors (Lipinski definition) is 4. The SMILES string of the molecule is CCOC(=O)[C@H]1O[C@]12CCCC[C@H]2CN(C)C. The summed E-state index contributed by atoms with van der Waals surface area (Å²) < 4.78 is 10.8. The molecule has 3 atom stereocenters. The molecule has 0 N–H and O–H groups in total. The second kappa shape index (κ2) is 4.94. The molecule has 17 heavy (non-hydrogen) atoms. The van der Waals surface area contributed by atoms with Gasteiger partial charge in [-0.3, -0.25) is 0 Å². The molecule has 1 heterocycles. The third-order valence-electron chi connectivity index (χ3n) is 3.87.